The summed E-state index contributed by atoms with van der Waals surface area (Å²) in [5, 5.41) is 10.7. The molecule has 0 spiro atoms. The van der Waals surface area contributed by atoms with Gasteiger partial charge in [-0.1, -0.05) is 0 Å². The van der Waals surface area contributed by atoms with Gasteiger partial charge in [-0.25, -0.2) is 4.98 Å². The van der Waals surface area contributed by atoms with Crippen molar-refractivity contribution >= 4 is 11.9 Å². The summed E-state index contributed by atoms with van der Waals surface area (Å²) in [5.74, 6) is -1.88. The first-order valence-electron chi connectivity index (χ1n) is 5.43. The summed E-state index contributed by atoms with van der Waals surface area (Å²) in [6.07, 6.45) is -3.65. The molecule has 0 aliphatic rings. The topological polar surface area (TPSA) is 88.5 Å². The Hall–Kier alpha value is -2.32. The number of rotatable bonds is 6. The number of amides is 1. The van der Waals surface area contributed by atoms with Gasteiger partial charge in [0.2, 0.25) is 5.88 Å². The van der Waals surface area contributed by atoms with E-state index in [9.17, 15) is 22.8 Å². The number of hydrogen-bond acceptors (Lipinski definition) is 4. The van der Waals surface area contributed by atoms with E-state index in [2.05, 4.69) is 15.0 Å². The van der Waals surface area contributed by atoms with Gasteiger partial charge in [-0.05, 0) is 6.07 Å². The van der Waals surface area contributed by atoms with Crippen molar-refractivity contribution in [3.8, 4) is 5.88 Å². The van der Waals surface area contributed by atoms with Crippen LogP contribution in [0.3, 0.4) is 0 Å². The molecule has 1 rings (SSSR count). The van der Waals surface area contributed by atoms with E-state index in [1.165, 1.54) is 6.07 Å². The van der Waals surface area contributed by atoms with E-state index >= 15 is 0 Å². The van der Waals surface area contributed by atoms with Gasteiger partial charge in [0.05, 0.1) is 12.0 Å². The molecule has 0 saturated carbocycles. The van der Waals surface area contributed by atoms with Crippen molar-refractivity contribution in [2.45, 2.75) is 12.6 Å². The highest BCUT2D eigenvalue weighted by Gasteiger charge is 2.28. The van der Waals surface area contributed by atoms with Gasteiger partial charge < -0.3 is 15.2 Å². The molecule has 2 N–H and O–H groups in total. The molecule has 110 valence electrons. The first-order chi connectivity index (χ1) is 9.28. The first kappa shape index (κ1) is 15.7. The molecule has 0 saturated heterocycles. The van der Waals surface area contributed by atoms with Crippen molar-refractivity contribution in [2.24, 2.45) is 0 Å². The van der Waals surface area contributed by atoms with Crippen LogP contribution in [0.2, 0.25) is 0 Å². The molecule has 20 heavy (non-hydrogen) atoms. The van der Waals surface area contributed by atoms with E-state index in [-0.39, 0.29) is 24.4 Å². The molecule has 0 bridgehead atoms. The van der Waals surface area contributed by atoms with Crippen LogP contribution in [0.4, 0.5) is 13.2 Å². The molecule has 1 heterocycles. The van der Waals surface area contributed by atoms with Gasteiger partial charge in [-0.3, -0.25) is 9.59 Å². The fourth-order valence-corrected chi connectivity index (χ4v) is 1.14. The lowest BCUT2D eigenvalue weighted by Gasteiger charge is -2.08. The minimum absolute atomic E-state index is 0.0551. The lowest BCUT2D eigenvalue weighted by molar-refractivity contribution is -0.154. The molecule has 0 aliphatic heterocycles. The fourth-order valence-electron chi connectivity index (χ4n) is 1.14. The second kappa shape index (κ2) is 6.73. The SMILES string of the molecule is O=C(O)CCNC(=O)c1ccc(OCC(F)(F)F)nc1. The molecule has 1 amide bonds. The number of alkyl halides is 3. The standard InChI is InChI=1S/C11H11F3N2O4/c12-11(13,14)6-20-8-2-1-7(5-16-8)10(19)15-4-3-9(17)18/h1-2,5H,3-4,6H2,(H,15,19)(H,17,18). The number of ether oxygens (including phenoxy) is 1. The van der Waals surface area contributed by atoms with Crippen LogP contribution in [-0.2, 0) is 4.79 Å². The number of aliphatic carboxylic acids is 1. The molecular weight excluding hydrogens is 281 g/mol. The van der Waals surface area contributed by atoms with Crippen LogP contribution in [0.5, 0.6) is 5.88 Å². The highest BCUT2D eigenvalue weighted by Crippen LogP contribution is 2.16. The minimum Gasteiger partial charge on any atom is -0.481 e. The summed E-state index contributed by atoms with van der Waals surface area (Å²) >= 11 is 0. The van der Waals surface area contributed by atoms with Crippen LogP contribution in [0.15, 0.2) is 18.3 Å². The Morgan fingerprint density at radius 2 is 2.05 bits per heavy atom. The number of carboxylic acids is 1. The van der Waals surface area contributed by atoms with Crippen LogP contribution in [0, 0.1) is 0 Å². The number of carbonyl (C=O) groups is 2. The van der Waals surface area contributed by atoms with E-state index in [1.807, 2.05) is 0 Å². The number of hydrogen-bond donors (Lipinski definition) is 2. The first-order valence-corrected chi connectivity index (χ1v) is 5.43. The third-order valence-corrected chi connectivity index (χ3v) is 2.01. The molecule has 0 aromatic carbocycles. The summed E-state index contributed by atoms with van der Waals surface area (Å²) in [5.41, 5.74) is 0.0924. The van der Waals surface area contributed by atoms with Gasteiger partial charge in [-0.2, -0.15) is 13.2 Å². The van der Waals surface area contributed by atoms with Crippen molar-refractivity contribution in [1.29, 1.82) is 0 Å². The summed E-state index contributed by atoms with van der Waals surface area (Å²) in [4.78, 5) is 25.3. The van der Waals surface area contributed by atoms with E-state index < -0.39 is 24.7 Å². The largest absolute Gasteiger partial charge is 0.481 e. The van der Waals surface area contributed by atoms with Gasteiger partial charge in [0, 0.05) is 18.8 Å². The van der Waals surface area contributed by atoms with E-state index in [4.69, 9.17) is 5.11 Å². The zero-order chi connectivity index (χ0) is 15.2. The lowest BCUT2D eigenvalue weighted by atomic mass is 10.2. The van der Waals surface area contributed by atoms with Crippen molar-refractivity contribution in [3.63, 3.8) is 0 Å². The molecule has 6 nitrogen and oxygen atoms in total. The number of nitrogens with one attached hydrogen (secondary N) is 1. The highest BCUT2D eigenvalue weighted by molar-refractivity contribution is 5.94. The van der Waals surface area contributed by atoms with Gasteiger partial charge >= 0.3 is 12.1 Å². The van der Waals surface area contributed by atoms with Crippen LogP contribution < -0.4 is 10.1 Å². The number of pyridine rings is 1. The number of aromatic nitrogens is 1. The zero-order valence-corrected chi connectivity index (χ0v) is 10.1. The van der Waals surface area contributed by atoms with Crippen molar-refractivity contribution in [1.82, 2.24) is 10.3 Å². The van der Waals surface area contributed by atoms with Crippen molar-refractivity contribution in [2.75, 3.05) is 13.2 Å². The second-order valence-corrected chi connectivity index (χ2v) is 3.69. The smallest absolute Gasteiger partial charge is 0.422 e. The normalized spacial score (nSPS) is 10.9. The van der Waals surface area contributed by atoms with Gasteiger partial charge in [0.15, 0.2) is 6.61 Å². The van der Waals surface area contributed by atoms with Crippen LogP contribution in [0.1, 0.15) is 16.8 Å². The Morgan fingerprint density at radius 3 is 2.55 bits per heavy atom. The Morgan fingerprint density at radius 1 is 1.35 bits per heavy atom. The minimum atomic E-state index is -4.46. The Labute approximate surface area is 111 Å². The Kier molecular flexibility index (Phi) is 5.30. The zero-order valence-electron chi connectivity index (χ0n) is 10.1. The van der Waals surface area contributed by atoms with E-state index in [1.54, 1.807) is 0 Å². The third-order valence-electron chi connectivity index (χ3n) is 2.01. The van der Waals surface area contributed by atoms with Crippen LogP contribution in [0.25, 0.3) is 0 Å². The average Bonchev–Trinajstić information content (AvgIpc) is 2.35. The van der Waals surface area contributed by atoms with Crippen molar-refractivity contribution in [3.05, 3.63) is 23.9 Å². The predicted octanol–water partition coefficient (Wildman–Crippen LogP) is 1.23. The molecule has 0 radical (unpaired) electrons. The second-order valence-electron chi connectivity index (χ2n) is 3.69. The molecule has 0 unspecified atom stereocenters. The van der Waals surface area contributed by atoms with Crippen molar-refractivity contribution < 1.29 is 32.6 Å². The predicted molar refractivity (Wildman–Crippen MR) is 60.4 cm³/mol. The number of carboxylic acid groups (broad SMARTS) is 1. The van der Waals surface area contributed by atoms with Gasteiger partial charge in [0.1, 0.15) is 0 Å². The quantitative estimate of drug-likeness (QED) is 0.823. The van der Waals surface area contributed by atoms with Crippen LogP contribution in [-0.4, -0.2) is 41.3 Å². The number of nitrogens with zero attached hydrogens (tertiary/aromatic N) is 1. The summed E-state index contributed by atoms with van der Waals surface area (Å²) in [7, 11) is 0. The molecule has 1 aromatic rings. The number of halogens is 3. The van der Waals surface area contributed by atoms with E-state index in [0.717, 1.165) is 12.3 Å². The molecular formula is C11H11F3N2O4. The lowest BCUT2D eigenvalue weighted by Crippen LogP contribution is -2.26. The summed E-state index contributed by atoms with van der Waals surface area (Å²) in [6, 6.07) is 2.35. The average molecular weight is 292 g/mol. The molecule has 0 fully saturated rings. The molecule has 0 aliphatic carbocycles. The van der Waals surface area contributed by atoms with Gasteiger partial charge in [0.25, 0.3) is 5.91 Å². The summed E-state index contributed by atoms with van der Waals surface area (Å²) in [6.45, 7) is -1.52. The fraction of sp³-hybridized carbons (Fsp3) is 0.364. The maximum atomic E-state index is 11.9. The molecule has 9 heteroatoms. The number of carbonyl (C=O) groups excluding carboxylic acids is 1. The maximum Gasteiger partial charge on any atom is 0.422 e. The van der Waals surface area contributed by atoms with Gasteiger partial charge in [-0.15, -0.1) is 0 Å². The Balaban J connectivity index is 2.49. The van der Waals surface area contributed by atoms with E-state index in [0.29, 0.717) is 0 Å². The maximum absolute atomic E-state index is 11.9. The molecule has 1 aromatic heterocycles. The monoisotopic (exact) mass is 292 g/mol. The Bertz CT molecular complexity index is 474. The third kappa shape index (κ3) is 6.03. The molecule has 0 atom stereocenters. The summed E-state index contributed by atoms with van der Waals surface area (Å²) < 4.78 is 40.0. The highest BCUT2D eigenvalue weighted by atomic mass is 19.4. The van der Waals surface area contributed by atoms with Crippen LogP contribution >= 0.6 is 0 Å².